The fraction of sp³-hybridized carbons (Fsp3) is 0.400. The van der Waals surface area contributed by atoms with Gasteiger partial charge >= 0.3 is 5.97 Å². The Morgan fingerprint density at radius 1 is 1.59 bits per heavy atom. The number of ether oxygens (including phenoxy) is 1. The summed E-state index contributed by atoms with van der Waals surface area (Å²) in [5.74, 6) is -1.38. The van der Waals surface area contributed by atoms with Crippen LogP contribution in [0.15, 0.2) is 16.7 Å². The van der Waals surface area contributed by atoms with Crippen LogP contribution in [0.5, 0.6) is 0 Å². The molecule has 2 heterocycles. The minimum absolute atomic E-state index is 0.0307. The third-order valence-electron chi connectivity index (χ3n) is 2.55. The Bertz CT molecular complexity index is 445. The highest BCUT2D eigenvalue weighted by atomic mass is 79.9. The lowest BCUT2D eigenvalue weighted by Crippen LogP contribution is -2.52. The summed E-state index contributed by atoms with van der Waals surface area (Å²) >= 11 is 3.23. The van der Waals surface area contributed by atoms with E-state index in [0.717, 1.165) is 4.47 Å². The molecule has 1 atom stereocenters. The van der Waals surface area contributed by atoms with E-state index in [9.17, 15) is 9.59 Å². The molecule has 2 N–H and O–H groups in total. The number of aromatic nitrogens is 1. The monoisotopic (exact) mass is 302 g/mol. The average molecular weight is 303 g/mol. The number of morpholine rings is 1. The molecular formula is C10H11BrN2O4. The summed E-state index contributed by atoms with van der Waals surface area (Å²) in [6, 6.07) is 0.704. The lowest BCUT2D eigenvalue weighted by molar-refractivity contribution is -0.147. The molecule has 92 valence electrons. The molecule has 1 fully saturated rings. The van der Waals surface area contributed by atoms with Gasteiger partial charge in [0, 0.05) is 17.2 Å². The number of carboxylic acid groups (broad SMARTS) is 1. The van der Waals surface area contributed by atoms with E-state index in [1.54, 1.807) is 12.3 Å². The molecule has 1 aromatic rings. The number of carboxylic acids is 1. The van der Waals surface area contributed by atoms with Crippen molar-refractivity contribution < 1.29 is 19.4 Å². The highest BCUT2D eigenvalue weighted by molar-refractivity contribution is 9.10. The Labute approximate surface area is 106 Å². The molecule has 1 unspecified atom stereocenters. The second-order valence-corrected chi connectivity index (χ2v) is 4.57. The van der Waals surface area contributed by atoms with Crippen LogP contribution in [-0.2, 0) is 9.53 Å². The maximum Gasteiger partial charge on any atom is 0.328 e. The van der Waals surface area contributed by atoms with E-state index >= 15 is 0 Å². The standard InChI is InChI=1S/C10H11BrN2O4/c11-6-3-7(12-4-6)9(14)13-1-2-17-5-8(13)10(15)16/h3-4,8,12H,1-2,5H2,(H,15,16). The lowest BCUT2D eigenvalue weighted by atomic mass is 10.2. The van der Waals surface area contributed by atoms with Gasteiger partial charge in [0.15, 0.2) is 6.04 Å². The zero-order valence-corrected chi connectivity index (χ0v) is 10.4. The Morgan fingerprint density at radius 2 is 2.35 bits per heavy atom. The van der Waals surface area contributed by atoms with Crippen LogP contribution >= 0.6 is 15.9 Å². The molecule has 0 bridgehead atoms. The van der Waals surface area contributed by atoms with E-state index in [1.165, 1.54) is 4.90 Å². The molecule has 1 aromatic heterocycles. The third kappa shape index (κ3) is 2.50. The highest BCUT2D eigenvalue weighted by Crippen LogP contribution is 2.16. The molecule has 0 aromatic carbocycles. The number of amides is 1. The average Bonchev–Trinajstić information content (AvgIpc) is 2.75. The first-order chi connectivity index (χ1) is 8.09. The van der Waals surface area contributed by atoms with Crippen LogP contribution in [-0.4, -0.2) is 52.7 Å². The predicted octanol–water partition coefficient (Wildman–Crippen LogP) is 0.703. The van der Waals surface area contributed by atoms with Crippen molar-refractivity contribution in [2.24, 2.45) is 0 Å². The number of carbonyl (C=O) groups is 2. The van der Waals surface area contributed by atoms with E-state index in [4.69, 9.17) is 9.84 Å². The maximum atomic E-state index is 12.1. The Kier molecular flexibility index (Phi) is 3.49. The van der Waals surface area contributed by atoms with Crippen molar-refractivity contribution in [3.8, 4) is 0 Å². The van der Waals surface area contributed by atoms with Crippen molar-refractivity contribution in [2.45, 2.75) is 6.04 Å². The minimum Gasteiger partial charge on any atom is -0.480 e. The quantitative estimate of drug-likeness (QED) is 0.842. The molecular weight excluding hydrogens is 292 g/mol. The topological polar surface area (TPSA) is 82.6 Å². The smallest absolute Gasteiger partial charge is 0.328 e. The van der Waals surface area contributed by atoms with Crippen molar-refractivity contribution in [3.05, 3.63) is 22.4 Å². The van der Waals surface area contributed by atoms with Gasteiger partial charge in [0.25, 0.3) is 5.91 Å². The van der Waals surface area contributed by atoms with Crippen LogP contribution in [0.3, 0.4) is 0 Å². The number of nitrogens with one attached hydrogen (secondary N) is 1. The molecule has 1 amide bonds. The minimum atomic E-state index is -1.05. The normalized spacial score (nSPS) is 20.3. The fourth-order valence-corrected chi connectivity index (χ4v) is 2.04. The van der Waals surface area contributed by atoms with Gasteiger partial charge < -0.3 is 19.7 Å². The van der Waals surface area contributed by atoms with Crippen molar-refractivity contribution >= 4 is 27.8 Å². The molecule has 2 rings (SSSR count). The number of halogens is 1. The van der Waals surface area contributed by atoms with Gasteiger partial charge in [-0.2, -0.15) is 0 Å². The molecule has 0 spiro atoms. The third-order valence-corrected chi connectivity index (χ3v) is 3.01. The zero-order valence-electron chi connectivity index (χ0n) is 8.85. The Hall–Kier alpha value is -1.34. The van der Waals surface area contributed by atoms with Crippen LogP contribution in [0.1, 0.15) is 10.5 Å². The van der Waals surface area contributed by atoms with E-state index < -0.39 is 12.0 Å². The number of nitrogens with zero attached hydrogens (tertiary/aromatic N) is 1. The van der Waals surface area contributed by atoms with E-state index in [2.05, 4.69) is 20.9 Å². The van der Waals surface area contributed by atoms with Crippen molar-refractivity contribution in [1.29, 1.82) is 0 Å². The molecule has 6 nitrogen and oxygen atoms in total. The molecule has 1 aliphatic rings. The van der Waals surface area contributed by atoms with E-state index in [-0.39, 0.29) is 19.1 Å². The van der Waals surface area contributed by atoms with Crippen LogP contribution in [0.2, 0.25) is 0 Å². The van der Waals surface area contributed by atoms with Crippen LogP contribution in [0.4, 0.5) is 0 Å². The van der Waals surface area contributed by atoms with Gasteiger partial charge in [-0.1, -0.05) is 0 Å². The van der Waals surface area contributed by atoms with Gasteiger partial charge in [-0.3, -0.25) is 4.79 Å². The first-order valence-electron chi connectivity index (χ1n) is 5.05. The first kappa shape index (κ1) is 12.1. The number of aliphatic carboxylic acids is 1. The molecule has 0 saturated carbocycles. The second kappa shape index (κ2) is 4.89. The number of H-pyrrole nitrogens is 1. The predicted molar refractivity (Wildman–Crippen MR) is 61.8 cm³/mol. The molecule has 17 heavy (non-hydrogen) atoms. The van der Waals surface area contributed by atoms with E-state index in [0.29, 0.717) is 12.3 Å². The summed E-state index contributed by atoms with van der Waals surface area (Å²) in [7, 11) is 0. The SMILES string of the molecule is O=C(O)C1COCCN1C(=O)c1cc(Br)c[nH]1. The number of aromatic amines is 1. The molecule has 0 radical (unpaired) electrons. The Morgan fingerprint density at radius 3 is 2.94 bits per heavy atom. The van der Waals surface area contributed by atoms with Gasteiger partial charge in [0.1, 0.15) is 5.69 Å². The summed E-state index contributed by atoms with van der Waals surface area (Å²) in [4.78, 5) is 27.2. The van der Waals surface area contributed by atoms with Crippen molar-refractivity contribution in [1.82, 2.24) is 9.88 Å². The molecule has 1 aliphatic heterocycles. The highest BCUT2D eigenvalue weighted by Gasteiger charge is 2.33. The number of hydrogen-bond donors (Lipinski definition) is 2. The Balaban J connectivity index is 2.19. The first-order valence-corrected chi connectivity index (χ1v) is 5.84. The van der Waals surface area contributed by atoms with Crippen LogP contribution < -0.4 is 0 Å². The van der Waals surface area contributed by atoms with Crippen molar-refractivity contribution in [3.63, 3.8) is 0 Å². The maximum absolute atomic E-state index is 12.1. The summed E-state index contributed by atoms with van der Waals surface area (Å²) in [6.07, 6.45) is 1.63. The molecule has 1 saturated heterocycles. The van der Waals surface area contributed by atoms with Crippen LogP contribution in [0.25, 0.3) is 0 Å². The van der Waals surface area contributed by atoms with E-state index in [1.807, 2.05) is 0 Å². The van der Waals surface area contributed by atoms with Gasteiger partial charge in [0.05, 0.1) is 13.2 Å². The summed E-state index contributed by atoms with van der Waals surface area (Å²) in [6.45, 7) is 0.673. The van der Waals surface area contributed by atoms with Gasteiger partial charge in [-0.05, 0) is 22.0 Å². The van der Waals surface area contributed by atoms with Gasteiger partial charge in [0.2, 0.25) is 0 Å². The van der Waals surface area contributed by atoms with Crippen molar-refractivity contribution in [2.75, 3.05) is 19.8 Å². The number of carbonyl (C=O) groups excluding carboxylic acids is 1. The zero-order chi connectivity index (χ0) is 12.4. The van der Waals surface area contributed by atoms with Gasteiger partial charge in [-0.15, -0.1) is 0 Å². The summed E-state index contributed by atoms with van der Waals surface area (Å²) < 4.78 is 5.82. The van der Waals surface area contributed by atoms with Gasteiger partial charge in [-0.25, -0.2) is 4.79 Å². The fourth-order valence-electron chi connectivity index (χ4n) is 1.70. The second-order valence-electron chi connectivity index (χ2n) is 3.66. The van der Waals surface area contributed by atoms with Crippen LogP contribution in [0, 0.1) is 0 Å². The summed E-state index contributed by atoms with van der Waals surface area (Å²) in [5, 5.41) is 9.02. The number of rotatable bonds is 2. The molecule has 0 aliphatic carbocycles. The summed E-state index contributed by atoms with van der Waals surface area (Å²) in [5.41, 5.74) is 0.366. The molecule has 7 heteroatoms. The largest absolute Gasteiger partial charge is 0.480 e. The lowest BCUT2D eigenvalue weighted by Gasteiger charge is -2.32. The number of hydrogen-bond acceptors (Lipinski definition) is 3.